The minimum Gasteiger partial charge on any atom is -0.504 e. The molecule has 0 radical (unpaired) electrons. The smallest absolute Gasteiger partial charge is 0.254 e. The van der Waals surface area contributed by atoms with Crippen LogP contribution >= 0.6 is 0 Å². The number of phenols is 1. The van der Waals surface area contributed by atoms with Gasteiger partial charge in [0.2, 0.25) is 0 Å². The van der Waals surface area contributed by atoms with Crippen LogP contribution in [-0.4, -0.2) is 47.3 Å². The number of rotatable bonds is 2. The number of aromatic hydroxyl groups is 1. The number of benzene rings is 1. The number of aliphatic hydroxyl groups is 1. The fraction of sp³-hybridized carbons (Fsp3) is 0.364. The zero-order chi connectivity index (χ0) is 11.7. The highest BCUT2D eigenvalue weighted by Crippen LogP contribution is 2.27. The lowest BCUT2D eigenvalue weighted by Crippen LogP contribution is -2.53. The molecule has 1 aliphatic rings. The summed E-state index contributed by atoms with van der Waals surface area (Å²) in [6.07, 6.45) is -0.421. The summed E-state index contributed by atoms with van der Waals surface area (Å²) in [6, 6.07) is 4.50. The van der Waals surface area contributed by atoms with Crippen molar-refractivity contribution in [3.63, 3.8) is 0 Å². The molecule has 1 aromatic carbocycles. The molecule has 2 N–H and O–H groups in total. The maximum absolute atomic E-state index is 11.8. The van der Waals surface area contributed by atoms with Crippen molar-refractivity contribution in [2.75, 3.05) is 20.2 Å². The van der Waals surface area contributed by atoms with Crippen molar-refractivity contribution in [3.05, 3.63) is 23.8 Å². The van der Waals surface area contributed by atoms with Crippen molar-refractivity contribution >= 4 is 5.91 Å². The van der Waals surface area contributed by atoms with Crippen LogP contribution in [0.25, 0.3) is 0 Å². The van der Waals surface area contributed by atoms with E-state index < -0.39 is 6.10 Å². The van der Waals surface area contributed by atoms with Gasteiger partial charge in [0.15, 0.2) is 11.5 Å². The van der Waals surface area contributed by atoms with Gasteiger partial charge >= 0.3 is 0 Å². The summed E-state index contributed by atoms with van der Waals surface area (Å²) in [7, 11) is 1.45. The average Bonchev–Trinajstić information content (AvgIpc) is 2.24. The number of likely N-dealkylation sites (tertiary alicyclic amines) is 1. The first-order valence-electron chi connectivity index (χ1n) is 4.96. The molecule has 1 saturated heterocycles. The van der Waals surface area contributed by atoms with Crippen LogP contribution in [0.15, 0.2) is 18.2 Å². The van der Waals surface area contributed by atoms with Crippen LogP contribution in [0.5, 0.6) is 11.5 Å². The highest BCUT2D eigenvalue weighted by molar-refractivity contribution is 5.95. The van der Waals surface area contributed by atoms with Gasteiger partial charge in [0.05, 0.1) is 13.2 Å². The minimum atomic E-state index is -0.421. The SMILES string of the molecule is COc1ccc(C(=O)N2CC(O)C2)cc1O. The molecule has 0 saturated carbocycles. The fourth-order valence-corrected chi connectivity index (χ4v) is 1.63. The van der Waals surface area contributed by atoms with E-state index in [-0.39, 0.29) is 11.7 Å². The Morgan fingerprint density at radius 1 is 1.50 bits per heavy atom. The maximum Gasteiger partial charge on any atom is 0.254 e. The lowest BCUT2D eigenvalue weighted by Gasteiger charge is -2.35. The van der Waals surface area contributed by atoms with Gasteiger partial charge < -0.3 is 19.8 Å². The third-order valence-electron chi connectivity index (χ3n) is 2.58. The zero-order valence-corrected chi connectivity index (χ0v) is 8.88. The Morgan fingerprint density at radius 2 is 2.19 bits per heavy atom. The van der Waals surface area contributed by atoms with E-state index in [0.717, 1.165) is 0 Å². The number of nitrogens with zero attached hydrogens (tertiary/aromatic N) is 1. The molecule has 86 valence electrons. The van der Waals surface area contributed by atoms with Crippen molar-refractivity contribution < 1.29 is 19.7 Å². The Kier molecular flexibility index (Phi) is 2.70. The second kappa shape index (κ2) is 4.02. The van der Waals surface area contributed by atoms with E-state index in [1.807, 2.05) is 0 Å². The van der Waals surface area contributed by atoms with Gasteiger partial charge in [-0.15, -0.1) is 0 Å². The number of phenolic OH excluding ortho intramolecular Hbond substituents is 1. The second-order valence-electron chi connectivity index (χ2n) is 3.75. The lowest BCUT2D eigenvalue weighted by atomic mass is 10.1. The normalized spacial score (nSPS) is 15.8. The van der Waals surface area contributed by atoms with Crippen molar-refractivity contribution in [1.82, 2.24) is 4.90 Å². The molecular weight excluding hydrogens is 210 g/mol. The Labute approximate surface area is 92.9 Å². The van der Waals surface area contributed by atoms with E-state index in [0.29, 0.717) is 24.4 Å². The Bertz CT molecular complexity index is 412. The summed E-state index contributed by atoms with van der Waals surface area (Å²) in [5, 5.41) is 18.6. The van der Waals surface area contributed by atoms with Crippen LogP contribution in [-0.2, 0) is 0 Å². The van der Waals surface area contributed by atoms with E-state index in [1.165, 1.54) is 18.1 Å². The summed E-state index contributed by atoms with van der Waals surface area (Å²) in [5.74, 6) is 0.0814. The number of ether oxygens (including phenoxy) is 1. The Balaban J connectivity index is 2.15. The topological polar surface area (TPSA) is 70.0 Å². The van der Waals surface area contributed by atoms with Crippen LogP contribution in [0.1, 0.15) is 10.4 Å². The molecule has 0 unspecified atom stereocenters. The van der Waals surface area contributed by atoms with E-state index in [9.17, 15) is 9.90 Å². The maximum atomic E-state index is 11.8. The minimum absolute atomic E-state index is 0.0607. The predicted octanol–water partition coefficient (Wildman–Crippen LogP) is 0.218. The van der Waals surface area contributed by atoms with Crippen molar-refractivity contribution in [2.24, 2.45) is 0 Å². The molecular formula is C11H13NO4. The number of carbonyl (C=O) groups excluding carboxylic acids is 1. The molecule has 1 heterocycles. The number of carbonyl (C=O) groups is 1. The van der Waals surface area contributed by atoms with E-state index in [1.54, 1.807) is 12.1 Å². The molecule has 16 heavy (non-hydrogen) atoms. The molecule has 1 fully saturated rings. The molecule has 5 nitrogen and oxygen atoms in total. The monoisotopic (exact) mass is 223 g/mol. The first-order valence-corrected chi connectivity index (χ1v) is 4.96. The van der Waals surface area contributed by atoms with Gasteiger partial charge in [-0.2, -0.15) is 0 Å². The number of aliphatic hydroxyl groups excluding tert-OH is 1. The van der Waals surface area contributed by atoms with Gasteiger partial charge in [0.1, 0.15) is 0 Å². The van der Waals surface area contributed by atoms with Crippen LogP contribution in [0, 0.1) is 0 Å². The van der Waals surface area contributed by atoms with Crippen molar-refractivity contribution in [3.8, 4) is 11.5 Å². The Morgan fingerprint density at radius 3 is 2.69 bits per heavy atom. The van der Waals surface area contributed by atoms with Gasteiger partial charge in [-0.25, -0.2) is 0 Å². The third kappa shape index (κ3) is 1.81. The zero-order valence-electron chi connectivity index (χ0n) is 8.88. The van der Waals surface area contributed by atoms with E-state index in [2.05, 4.69) is 0 Å². The fourth-order valence-electron chi connectivity index (χ4n) is 1.63. The van der Waals surface area contributed by atoms with Crippen molar-refractivity contribution in [2.45, 2.75) is 6.10 Å². The summed E-state index contributed by atoms with van der Waals surface area (Å²) in [5.41, 5.74) is 0.394. The molecule has 0 aliphatic carbocycles. The van der Waals surface area contributed by atoms with Gasteiger partial charge in [-0.3, -0.25) is 4.79 Å². The van der Waals surface area contributed by atoms with Crippen molar-refractivity contribution in [1.29, 1.82) is 0 Å². The van der Waals surface area contributed by atoms with Crippen LogP contribution in [0.3, 0.4) is 0 Å². The average molecular weight is 223 g/mol. The molecule has 0 bridgehead atoms. The second-order valence-corrected chi connectivity index (χ2v) is 3.75. The first-order chi connectivity index (χ1) is 7.61. The third-order valence-corrected chi connectivity index (χ3v) is 2.58. The number of methoxy groups -OCH3 is 1. The highest BCUT2D eigenvalue weighted by Gasteiger charge is 2.29. The lowest BCUT2D eigenvalue weighted by molar-refractivity contribution is 0.00587. The quantitative estimate of drug-likeness (QED) is 0.752. The largest absolute Gasteiger partial charge is 0.504 e. The standard InChI is InChI=1S/C11H13NO4/c1-16-10-3-2-7(4-9(10)14)11(15)12-5-8(13)6-12/h2-4,8,13-14H,5-6H2,1H3. The number of hydrogen-bond donors (Lipinski definition) is 2. The van der Waals surface area contributed by atoms with Crippen LogP contribution in [0.4, 0.5) is 0 Å². The molecule has 1 aromatic rings. The van der Waals surface area contributed by atoms with Crippen LogP contribution < -0.4 is 4.74 Å². The van der Waals surface area contributed by atoms with Crippen LogP contribution in [0.2, 0.25) is 0 Å². The molecule has 1 aliphatic heterocycles. The summed E-state index contributed by atoms with van der Waals surface area (Å²) < 4.78 is 4.88. The Hall–Kier alpha value is -1.75. The highest BCUT2D eigenvalue weighted by atomic mass is 16.5. The number of β-amino-alcohol motifs (C(OH)–C–C–N with tert-alkyl or cyclic N) is 1. The molecule has 5 heteroatoms. The molecule has 1 amide bonds. The summed E-state index contributed by atoms with van der Waals surface area (Å²) >= 11 is 0. The van der Waals surface area contributed by atoms with E-state index in [4.69, 9.17) is 9.84 Å². The number of hydrogen-bond acceptors (Lipinski definition) is 4. The molecule has 0 atom stereocenters. The van der Waals surface area contributed by atoms with Gasteiger partial charge in [-0.1, -0.05) is 0 Å². The van der Waals surface area contributed by atoms with E-state index >= 15 is 0 Å². The van der Waals surface area contributed by atoms with Gasteiger partial charge in [0, 0.05) is 18.7 Å². The first kappa shape index (κ1) is 10.8. The van der Waals surface area contributed by atoms with Gasteiger partial charge in [-0.05, 0) is 18.2 Å². The number of amides is 1. The molecule has 0 aromatic heterocycles. The predicted molar refractivity (Wildman–Crippen MR) is 56.6 cm³/mol. The molecule has 2 rings (SSSR count). The van der Waals surface area contributed by atoms with Gasteiger partial charge in [0.25, 0.3) is 5.91 Å². The summed E-state index contributed by atoms with van der Waals surface area (Å²) in [4.78, 5) is 13.3. The molecule has 0 spiro atoms. The summed E-state index contributed by atoms with van der Waals surface area (Å²) in [6.45, 7) is 0.706.